The molecule has 0 aromatic carbocycles. The van der Waals surface area contributed by atoms with Crippen molar-refractivity contribution in [3.05, 3.63) is 0 Å². The molecule has 282 valence electrons. The summed E-state index contributed by atoms with van der Waals surface area (Å²) in [4.78, 5) is 27.7. The molecule has 0 bridgehead atoms. The fourth-order valence-electron chi connectivity index (χ4n) is 7.26. The van der Waals surface area contributed by atoms with Crippen LogP contribution in [0.5, 0.6) is 0 Å². The number of ether oxygens (including phenoxy) is 4. The van der Waals surface area contributed by atoms with E-state index in [1.807, 2.05) is 0 Å². The van der Waals surface area contributed by atoms with Crippen LogP contribution in [-0.2, 0) is 28.5 Å². The Bertz CT molecular complexity index is 734. The molecule has 2 unspecified atom stereocenters. The number of likely N-dealkylation sites (N-methyl/N-ethyl adjacent to an activating group) is 2. The van der Waals surface area contributed by atoms with Crippen LogP contribution in [0.25, 0.3) is 0 Å². The van der Waals surface area contributed by atoms with E-state index in [0.29, 0.717) is 13.1 Å². The van der Waals surface area contributed by atoms with Crippen LogP contribution in [-0.4, -0.2) is 89.8 Å². The third kappa shape index (κ3) is 20.5. The maximum Gasteiger partial charge on any atom is 0.362 e. The molecule has 0 amide bonds. The molecular formula is C40H78N2O6+2. The van der Waals surface area contributed by atoms with Gasteiger partial charge >= 0.3 is 11.9 Å². The van der Waals surface area contributed by atoms with E-state index >= 15 is 0 Å². The highest BCUT2D eigenvalue weighted by molar-refractivity contribution is 5.71. The van der Waals surface area contributed by atoms with E-state index < -0.39 is 12.2 Å². The first-order chi connectivity index (χ1) is 23.4. The molecule has 2 saturated heterocycles. The summed E-state index contributed by atoms with van der Waals surface area (Å²) in [6.07, 6.45) is 30.4. The molecule has 0 spiro atoms. The smallest absolute Gasteiger partial charge is 0.362 e. The predicted molar refractivity (Wildman–Crippen MR) is 195 cm³/mol. The SMILES string of the molecule is CCCCCCCCCCCCCC[NH+](C)CC(=O)O[C@H]1CO[C@H]2[C@@H]1OC[C@H]2OC(=O)C[NH+](C)CCCCCCCCCCCCCC. The number of nitrogens with one attached hydrogen (secondary N) is 2. The molecule has 0 aromatic heterocycles. The van der Waals surface area contributed by atoms with E-state index in [9.17, 15) is 9.59 Å². The summed E-state index contributed by atoms with van der Waals surface area (Å²) in [5.41, 5.74) is 0. The van der Waals surface area contributed by atoms with Gasteiger partial charge in [0.05, 0.1) is 40.4 Å². The molecule has 6 atom stereocenters. The van der Waals surface area contributed by atoms with E-state index in [4.69, 9.17) is 18.9 Å². The summed E-state index contributed by atoms with van der Waals surface area (Å²) in [5, 5.41) is 0. The molecular weight excluding hydrogens is 604 g/mol. The van der Waals surface area contributed by atoms with Crippen molar-refractivity contribution in [2.75, 3.05) is 53.5 Å². The van der Waals surface area contributed by atoms with Gasteiger partial charge < -0.3 is 28.7 Å². The Morgan fingerprint density at radius 1 is 0.479 bits per heavy atom. The molecule has 2 N–H and O–H groups in total. The van der Waals surface area contributed by atoms with E-state index in [1.54, 1.807) is 0 Å². The van der Waals surface area contributed by atoms with Crippen LogP contribution in [0.4, 0.5) is 0 Å². The van der Waals surface area contributed by atoms with Crippen LogP contribution >= 0.6 is 0 Å². The first-order valence-corrected chi connectivity index (χ1v) is 20.7. The number of hydrogen-bond donors (Lipinski definition) is 2. The Hall–Kier alpha value is -1.22. The minimum Gasteiger partial charge on any atom is -0.453 e. The van der Waals surface area contributed by atoms with Crippen LogP contribution in [0.15, 0.2) is 0 Å². The van der Waals surface area contributed by atoms with Crippen molar-refractivity contribution < 1.29 is 38.3 Å². The van der Waals surface area contributed by atoms with Gasteiger partial charge in [-0.15, -0.1) is 0 Å². The number of unbranched alkanes of at least 4 members (excludes halogenated alkanes) is 22. The molecule has 2 heterocycles. The Balaban J connectivity index is 1.46. The van der Waals surface area contributed by atoms with Crippen molar-refractivity contribution >= 4 is 11.9 Å². The molecule has 2 rings (SSSR count). The number of esters is 2. The molecule has 8 nitrogen and oxygen atoms in total. The van der Waals surface area contributed by atoms with Gasteiger partial charge in [-0.25, -0.2) is 9.59 Å². The van der Waals surface area contributed by atoms with Crippen LogP contribution in [0.3, 0.4) is 0 Å². The molecule has 2 aliphatic rings. The number of carbonyl (C=O) groups is 2. The van der Waals surface area contributed by atoms with Crippen molar-refractivity contribution in [3.8, 4) is 0 Å². The van der Waals surface area contributed by atoms with Crippen molar-refractivity contribution in [1.29, 1.82) is 0 Å². The molecule has 0 aliphatic carbocycles. The molecule has 2 fully saturated rings. The second-order valence-corrected chi connectivity index (χ2v) is 15.2. The lowest BCUT2D eigenvalue weighted by molar-refractivity contribution is -0.872. The zero-order valence-corrected chi connectivity index (χ0v) is 32.0. The average Bonchev–Trinajstić information content (AvgIpc) is 3.64. The molecule has 8 heteroatoms. The molecule has 0 aromatic rings. The monoisotopic (exact) mass is 683 g/mol. The zero-order chi connectivity index (χ0) is 34.7. The highest BCUT2D eigenvalue weighted by Gasteiger charge is 2.51. The first kappa shape index (κ1) is 42.9. The van der Waals surface area contributed by atoms with Gasteiger partial charge in [0, 0.05) is 0 Å². The fraction of sp³-hybridized carbons (Fsp3) is 0.950. The first-order valence-electron chi connectivity index (χ1n) is 20.7. The Kier molecular flexibility index (Phi) is 25.5. The lowest BCUT2D eigenvalue weighted by Gasteiger charge is -2.19. The standard InChI is InChI=1S/C40H76N2O6/c1-5-7-9-11-13-15-17-19-21-23-25-27-29-41(3)31-37(43)47-35-33-45-40-36(34-46-39(35)40)48-38(44)32-42(4)30-28-26-24-22-20-18-16-14-12-10-8-6-2/h35-36,39-40H,5-34H2,1-4H3/p+2/t35-,36+,39-,40-/m1/s1. The summed E-state index contributed by atoms with van der Waals surface area (Å²) in [7, 11) is 4.12. The van der Waals surface area contributed by atoms with Gasteiger partial charge in [0.2, 0.25) is 0 Å². The number of rotatable bonds is 32. The lowest BCUT2D eigenvalue weighted by atomic mass is 10.1. The molecule has 0 radical (unpaired) electrons. The predicted octanol–water partition coefficient (Wildman–Crippen LogP) is 6.04. The highest BCUT2D eigenvalue weighted by atomic mass is 16.7. The summed E-state index contributed by atoms with van der Waals surface area (Å²) in [6.45, 7) is 7.76. The topological polar surface area (TPSA) is 79.9 Å². The van der Waals surface area contributed by atoms with E-state index in [-0.39, 0.29) is 37.4 Å². The average molecular weight is 683 g/mol. The number of quaternary nitrogens is 2. The summed E-state index contributed by atoms with van der Waals surface area (Å²) >= 11 is 0. The van der Waals surface area contributed by atoms with Crippen molar-refractivity contribution in [2.24, 2.45) is 0 Å². The van der Waals surface area contributed by atoms with E-state index in [2.05, 4.69) is 27.9 Å². The number of fused-ring (bicyclic) bond motifs is 1. The third-order valence-corrected chi connectivity index (χ3v) is 10.3. The van der Waals surface area contributed by atoms with Gasteiger partial charge in [-0.05, 0) is 25.7 Å². The van der Waals surface area contributed by atoms with Crippen molar-refractivity contribution in [1.82, 2.24) is 0 Å². The van der Waals surface area contributed by atoms with Crippen molar-refractivity contribution in [3.63, 3.8) is 0 Å². The number of carbonyl (C=O) groups excluding carboxylic acids is 2. The summed E-state index contributed by atoms with van der Waals surface area (Å²) in [5.74, 6) is -0.430. The van der Waals surface area contributed by atoms with Crippen molar-refractivity contribution in [2.45, 2.75) is 192 Å². The minimum absolute atomic E-state index is 0.215. The quantitative estimate of drug-likeness (QED) is 0.0666. The number of hydrogen-bond acceptors (Lipinski definition) is 6. The fourth-order valence-corrected chi connectivity index (χ4v) is 7.26. The van der Waals surface area contributed by atoms with Gasteiger partial charge in [-0.3, -0.25) is 0 Å². The van der Waals surface area contributed by atoms with Gasteiger partial charge in [0.25, 0.3) is 0 Å². The van der Waals surface area contributed by atoms with Gasteiger partial charge in [-0.2, -0.15) is 0 Å². The maximum atomic E-state index is 12.7. The van der Waals surface area contributed by atoms with Crippen LogP contribution in [0.2, 0.25) is 0 Å². The Labute approximate surface area is 295 Å². The molecule has 48 heavy (non-hydrogen) atoms. The minimum atomic E-state index is -0.440. The normalized spacial score (nSPS) is 21.7. The summed E-state index contributed by atoms with van der Waals surface area (Å²) in [6, 6.07) is 0. The van der Waals surface area contributed by atoms with Crippen LogP contribution in [0.1, 0.15) is 168 Å². The van der Waals surface area contributed by atoms with E-state index in [1.165, 1.54) is 151 Å². The molecule has 0 saturated carbocycles. The van der Waals surface area contributed by atoms with Gasteiger partial charge in [0.15, 0.2) is 25.3 Å². The third-order valence-electron chi connectivity index (χ3n) is 10.3. The lowest BCUT2D eigenvalue weighted by Crippen LogP contribution is -3.10. The van der Waals surface area contributed by atoms with E-state index in [0.717, 1.165) is 25.9 Å². The summed E-state index contributed by atoms with van der Waals surface area (Å²) < 4.78 is 23.4. The second-order valence-electron chi connectivity index (χ2n) is 15.2. The second kappa shape index (κ2) is 28.5. The van der Waals surface area contributed by atoms with Gasteiger partial charge in [-0.1, -0.05) is 142 Å². The Morgan fingerprint density at radius 3 is 1.04 bits per heavy atom. The maximum absolute atomic E-state index is 12.7. The van der Waals surface area contributed by atoms with Gasteiger partial charge in [0.1, 0.15) is 12.2 Å². The molecule has 2 aliphatic heterocycles. The van der Waals surface area contributed by atoms with Crippen LogP contribution < -0.4 is 9.80 Å². The highest BCUT2D eigenvalue weighted by Crippen LogP contribution is 2.30. The van der Waals surface area contributed by atoms with Crippen LogP contribution in [0, 0.1) is 0 Å². The largest absolute Gasteiger partial charge is 0.453 e. The zero-order valence-electron chi connectivity index (χ0n) is 32.0. The Morgan fingerprint density at radius 2 is 0.750 bits per heavy atom.